The molecule has 264 valence electrons. The van der Waals surface area contributed by atoms with Gasteiger partial charge < -0.3 is 29.7 Å². The number of aromatic nitrogens is 4. The van der Waals surface area contributed by atoms with E-state index in [1.807, 2.05) is 114 Å². The van der Waals surface area contributed by atoms with Crippen LogP contribution < -0.4 is 20.3 Å². The van der Waals surface area contributed by atoms with E-state index in [2.05, 4.69) is 31.8 Å². The summed E-state index contributed by atoms with van der Waals surface area (Å²) in [5, 5.41) is 15.4. The van der Waals surface area contributed by atoms with Crippen molar-refractivity contribution in [1.29, 1.82) is 0 Å². The summed E-state index contributed by atoms with van der Waals surface area (Å²) in [6.07, 6.45) is 3.02. The minimum atomic E-state index is -0.859. The molecular formula is C40H45N7O4. The first-order valence-corrected chi connectivity index (χ1v) is 17.4. The van der Waals surface area contributed by atoms with Crippen molar-refractivity contribution >= 4 is 50.6 Å². The minimum absolute atomic E-state index is 0.0245. The molecule has 3 N–H and O–H groups in total. The Hall–Kier alpha value is -5.52. The van der Waals surface area contributed by atoms with Gasteiger partial charge in [-0.25, -0.2) is 9.97 Å². The average Bonchev–Trinajstić information content (AvgIpc) is 3.60. The summed E-state index contributed by atoms with van der Waals surface area (Å²) < 4.78 is 18.5. The summed E-state index contributed by atoms with van der Waals surface area (Å²) in [5.74, 6) is 0.968. The third kappa shape index (κ3) is 8.28. The highest BCUT2D eigenvalue weighted by Crippen LogP contribution is 2.35. The van der Waals surface area contributed by atoms with Gasteiger partial charge >= 0.3 is 0 Å². The number of aromatic amines is 1. The van der Waals surface area contributed by atoms with Crippen LogP contribution in [0.25, 0.3) is 33.2 Å². The number of anilines is 4. The fourth-order valence-electron chi connectivity index (χ4n) is 6.12. The molecule has 0 bridgehead atoms. The summed E-state index contributed by atoms with van der Waals surface area (Å²) in [6.45, 7) is 10.0. The van der Waals surface area contributed by atoms with Gasteiger partial charge in [0.05, 0.1) is 23.8 Å². The van der Waals surface area contributed by atoms with Crippen LogP contribution in [-0.2, 0) is 20.1 Å². The van der Waals surface area contributed by atoms with Gasteiger partial charge in [-0.3, -0.25) is 9.89 Å². The van der Waals surface area contributed by atoms with Gasteiger partial charge in [-0.05, 0) is 81.8 Å². The van der Waals surface area contributed by atoms with Crippen LogP contribution in [0.3, 0.4) is 0 Å². The normalized spacial score (nSPS) is 11.5. The molecule has 0 spiro atoms. The smallest absolute Gasteiger partial charge is 0.224 e. The molecule has 0 aliphatic carbocycles. The topological polar surface area (TPSA) is 127 Å². The number of likely N-dealkylation sites (N-methyl/N-ethyl adjacent to an activating group) is 1. The number of hydrogen-bond donors (Lipinski definition) is 3. The lowest BCUT2D eigenvalue weighted by atomic mass is 10.0. The second-order valence-corrected chi connectivity index (χ2v) is 12.3. The van der Waals surface area contributed by atoms with Gasteiger partial charge in [0.2, 0.25) is 5.91 Å². The molecule has 2 aromatic heterocycles. The van der Waals surface area contributed by atoms with Crippen molar-refractivity contribution in [3.63, 3.8) is 0 Å². The lowest BCUT2D eigenvalue weighted by molar-refractivity contribution is -0.229. The summed E-state index contributed by atoms with van der Waals surface area (Å²) in [4.78, 5) is 24.4. The van der Waals surface area contributed by atoms with Crippen molar-refractivity contribution < 1.29 is 19.0 Å². The summed E-state index contributed by atoms with van der Waals surface area (Å²) in [5.41, 5.74) is 6.01. The van der Waals surface area contributed by atoms with Crippen molar-refractivity contribution in [3.8, 4) is 17.1 Å². The molecule has 6 rings (SSSR count). The highest BCUT2D eigenvalue weighted by atomic mass is 16.7. The van der Waals surface area contributed by atoms with E-state index in [0.717, 1.165) is 50.7 Å². The molecule has 0 radical (unpaired) electrons. The fourth-order valence-corrected chi connectivity index (χ4v) is 6.12. The minimum Gasteiger partial charge on any atom is -0.492 e. The molecule has 0 aliphatic heterocycles. The van der Waals surface area contributed by atoms with E-state index in [-0.39, 0.29) is 5.91 Å². The highest BCUT2D eigenvalue weighted by Gasteiger charge is 2.31. The number of carbonyl (C=O) groups is 1. The Balaban J connectivity index is 1.27. The maximum Gasteiger partial charge on any atom is 0.224 e. The van der Waals surface area contributed by atoms with Crippen molar-refractivity contribution in [2.24, 2.45) is 0 Å². The Kier molecular flexibility index (Phi) is 11.1. The molecule has 2 heterocycles. The van der Waals surface area contributed by atoms with E-state index in [9.17, 15) is 4.79 Å². The quantitative estimate of drug-likeness (QED) is 0.0860. The number of carbonyl (C=O) groups excluding carboxylic acids is 1. The number of amides is 1. The first kappa shape index (κ1) is 35.3. The monoisotopic (exact) mass is 687 g/mol. The van der Waals surface area contributed by atoms with Gasteiger partial charge in [-0.15, -0.1) is 0 Å². The van der Waals surface area contributed by atoms with Gasteiger partial charge in [0, 0.05) is 65.6 Å². The number of fused-ring (bicyclic) bond motifs is 2. The van der Waals surface area contributed by atoms with Crippen LogP contribution in [0.2, 0.25) is 0 Å². The molecule has 11 nitrogen and oxygen atoms in total. The fraction of sp³-hybridized carbons (Fsp3) is 0.300. The van der Waals surface area contributed by atoms with E-state index in [1.54, 1.807) is 6.20 Å². The lowest BCUT2D eigenvalue weighted by Gasteiger charge is -2.34. The number of ether oxygens (including phenoxy) is 3. The third-order valence-electron chi connectivity index (χ3n) is 8.59. The van der Waals surface area contributed by atoms with E-state index in [4.69, 9.17) is 24.2 Å². The standard InChI is InChI=1S/C40H45N7O4/c1-6-12-37(48)42-29-14-11-13-27(23-29)38-44-35-20-18-31(25-32(35)39(45-38)43-30-17-19-34-28(24-30)26-41-46-34)49-22-21-47(5)36-16-10-9-15-33(36)40(4,50-7-2)51-8-3/h9-11,13-20,23-26H,6-8,12,21-22H2,1-5H3,(H,41,46)(H,42,48)(H,43,44,45). The van der Waals surface area contributed by atoms with E-state index in [1.165, 1.54) is 0 Å². The zero-order chi connectivity index (χ0) is 35.8. The molecule has 1 amide bonds. The molecular weight excluding hydrogens is 642 g/mol. The SMILES string of the molecule is CCCC(=O)Nc1cccc(-c2nc(Nc3ccc4[nH]ncc4c3)c3cc(OCCN(C)c4ccccc4C(C)(OCC)OCC)ccc3n2)c1. The number of nitrogens with one attached hydrogen (secondary N) is 3. The maximum absolute atomic E-state index is 12.3. The predicted octanol–water partition coefficient (Wildman–Crippen LogP) is 8.42. The lowest BCUT2D eigenvalue weighted by Crippen LogP contribution is -2.33. The molecule has 11 heteroatoms. The Morgan fingerprint density at radius 2 is 1.73 bits per heavy atom. The van der Waals surface area contributed by atoms with Crippen molar-refractivity contribution in [2.75, 3.05) is 48.9 Å². The van der Waals surface area contributed by atoms with Crippen molar-refractivity contribution in [1.82, 2.24) is 20.2 Å². The molecule has 51 heavy (non-hydrogen) atoms. The Bertz CT molecular complexity index is 2110. The van der Waals surface area contributed by atoms with E-state index < -0.39 is 5.79 Å². The first-order valence-electron chi connectivity index (χ1n) is 17.4. The van der Waals surface area contributed by atoms with Crippen molar-refractivity contribution in [2.45, 2.75) is 46.3 Å². The second-order valence-electron chi connectivity index (χ2n) is 12.3. The highest BCUT2D eigenvalue weighted by molar-refractivity contribution is 5.95. The molecule has 0 atom stereocenters. The second kappa shape index (κ2) is 16.0. The van der Waals surface area contributed by atoms with Crippen LogP contribution >= 0.6 is 0 Å². The molecule has 0 unspecified atom stereocenters. The maximum atomic E-state index is 12.3. The van der Waals surface area contributed by atoms with Gasteiger partial charge in [0.15, 0.2) is 11.6 Å². The molecule has 0 saturated carbocycles. The van der Waals surface area contributed by atoms with Gasteiger partial charge in [0.1, 0.15) is 18.2 Å². The molecule has 4 aromatic carbocycles. The number of hydrogen-bond acceptors (Lipinski definition) is 9. The average molecular weight is 688 g/mol. The van der Waals surface area contributed by atoms with Crippen molar-refractivity contribution in [3.05, 3.63) is 96.7 Å². The third-order valence-corrected chi connectivity index (χ3v) is 8.59. The largest absolute Gasteiger partial charge is 0.492 e. The Labute approximate surface area is 298 Å². The molecule has 0 aliphatic rings. The van der Waals surface area contributed by atoms with E-state index >= 15 is 0 Å². The van der Waals surface area contributed by atoms with Gasteiger partial charge in [-0.2, -0.15) is 5.10 Å². The number of H-pyrrole nitrogens is 1. The summed E-state index contributed by atoms with van der Waals surface area (Å²) in [6, 6.07) is 27.6. The van der Waals surface area contributed by atoms with Crippen LogP contribution in [0.1, 0.15) is 46.1 Å². The van der Waals surface area contributed by atoms with Crippen LogP contribution in [-0.4, -0.2) is 59.5 Å². The van der Waals surface area contributed by atoms with Crippen LogP contribution in [0.15, 0.2) is 91.1 Å². The van der Waals surface area contributed by atoms with E-state index in [0.29, 0.717) is 55.9 Å². The number of benzene rings is 4. The molecule has 0 saturated heterocycles. The molecule has 6 aromatic rings. The Morgan fingerprint density at radius 3 is 2.53 bits per heavy atom. The number of para-hydroxylation sites is 1. The Morgan fingerprint density at radius 1 is 0.902 bits per heavy atom. The van der Waals surface area contributed by atoms with Gasteiger partial charge in [0.25, 0.3) is 0 Å². The molecule has 0 fully saturated rings. The zero-order valence-corrected chi connectivity index (χ0v) is 29.8. The van der Waals surface area contributed by atoms with Gasteiger partial charge in [-0.1, -0.05) is 37.3 Å². The predicted molar refractivity (Wildman–Crippen MR) is 204 cm³/mol. The number of nitrogens with zero attached hydrogens (tertiary/aromatic N) is 4. The summed E-state index contributed by atoms with van der Waals surface area (Å²) >= 11 is 0. The van der Waals surface area contributed by atoms with Crippen LogP contribution in [0.5, 0.6) is 5.75 Å². The number of rotatable bonds is 16. The summed E-state index contributed by atoms with van der Waals surface area (Å²) in [7, 11) is 2.04. The van der Waals surface area contributed by atoms with Crippen LogP contribution in [0.4, 0.5) is 22.9 Å². The zero-order valence-electron chi connectivity index (χ0n) is 29.8. The first-order chi connectivity index (χ1) is 24.8. The van der Waals surface area contributed by atoms with Crippen LogP contribution in [0, 0.1) is 0 Å².